The van der Waals surface area contributed by atoms with Gasteiger partial charge in [0.15, 0.2) is 12.1 Å². The van der Waals surface area contributed by atoms with Gasteiger partial charge in [-0.25, -0.2) is 4.79 Å². The summed E-state index contributed by atoms with van der Waals surface area (Å²) < 4.78 is 17.2. The van der Waals surface area contributed by atoms with Crippen LogP contribution in [0.2, 0.25) is 0 Å². The molecule has 0 aromatic heterocycles. The van der Waals surface area contributed by atoms with Gasteiger partial charge in [-0.1, -0.05) is 140 Å². The quantitative estimate of drug-likeness (QED) is 0.0221. The van der Waals surface area contributed by atoms with E-state index in [2.05, 4.69) is 50.3 Å². The van der Waals surface area contributed by atoms with E-state index in [0.29, 0.717) is 19.3 Å². The number of ether oxygens (including phenoxy) is 3. The summed E-state index contributed by atoms with van der Waals surface area (Å²) in [6.07, 6.45) is 40.5. The summed E-state index contributed by atoms with van der Waals surface area (Å²) in [4.78, 5) is 36.9. The SMILES string of the molecule is CCCC/C=C/C=C/CCCCCC(=O)OC(COCCC(C(=O)O)[N+](C)(C)C)COC(=O)CCCCCCC/C=C/CCCCCCCCCCC. The van der Waals surface area contributed by atoms with Crippen molar-refractivity contribution >= 4 is 17.9 Å². The molecule has 0 saturated heterocycles. The Morgan fingerprint density at radius 2 is 1.02 bits per heavy atom. The second kappa shape index (κ2) is 36.5. The van der Waals surface area contributed by atoms with Gasteiger partial charge >= 0.3 is 17.9 Å². The van der Waals surface area contributed by atoms with Crippen LogP contribution in [0.25, 0.3) is 0 Å². The number of hydrogen-bond acceptors (Lipinski definition) is 6. The molecule has 2 unspecified atom stereocenters. The monoisotopic (exact) mass is 749 g/mol. The van der Waals surface area contributed by atoms with Crippen LogP contribution in [-0.4, -0.2) is 80.6 Å². The van der Waals surface area contributed by atoms with Gasteiger partial charge in [0.05, 0.1) is 34.4 Å². The van der Waals surface area contributed by atoms with E-state index in [-0.39, 0.29) is 36.2 Å². The molecule has 0 aliphatic heterocycles. The maximum absolute atomic E-state index is 12.6. The molecule has 53 heavy (non-hydrogen) atoms. The first-order valence-electron chi connectivity index (χ1n) is 21.5. The Morgan fingerprint density at radius 1 is 0.566 bits per heavy atom. The van der Waals surface area contributed by atoms with E-state index in [1.165, 1.54) is 83.5 Å². The third kappa shape index (κ3) is 35.0. The highest BCUT2D eigenvalue weighted by Crippen LogP contribution is 2.13. The Balaban J connectivity index is 4.34. The Labute approximate surface area is 325 Å². The summed E-state index contributed by atoms with van der Waals surface area (Å²) in [5.41, 5.74) is 0. The van der Waals surface area contributed by atoms with E-state index in [9.17, 15) is 19.5 Å². The molecule has 0 amide bonds. The zero-order valence-electron chi connectivity index (χ0n) is 35.0. The lowest BCUT2D eigenvalue weighted by Gasteiger charge is -2.31. The number of rotatable bonds is 38. The molecule has 0 aliphatic carbocycles. The topological polar surface area (TPSA) is 99.1 Å². The molecule has 0 fully saturated rings. The number of carboxylic acids is 1. The fourth-order valence-electron chi connectivity index (χ4n) is 6.12. The Bertz CT molecular complexity index is 968. The summed E-state index contributed by atoms with van der Waals surface area (Å²) in [6, 6.07) is -0.619. The van der Waals surface area contributed by atoms with Crippen LogP contribution < -0.4 is 0 Å². The zero-order chi connectivity index (χ0) is 39.3. The molecule has 0 saturated carbocycles. The second-order valence-corrected chi connectivity index (χ2v) is 15.6. The fourth-order valence-corrected chi connectivity index (χ4v) is 6.12. The number of carboxylic acid groups (broad SMARTS) is 1. The third-order valence-corrected chi connectivity index (χ3v) is 9.54. The smallest absolute Gasteiger partial charge is 0.362 e. The zero-order valence-corrected chi connectivity index (χ0v) is 35.0. The molecule has 0 spiro atoms. The van der Waals surface area contributed by atoms with Crippen LogP contribution in [0.3, 0.4) is 0 Å². The maximum atomic E-state index is 12.6. The summed E-state index contributed by atoms with van der Waals surface area (Å²) in [5, 5.41) is 9.60. The minimum atomic E-state index is -0.881. The van der Waals surface area contributed by atoms with Crippen LogP contribution in [-0.2, 0) is 28.6 Å². The standard InChI is InChI=1S/C45H81NO7/c1-6-8-10-12-14-16-18-19-20-21-22-23-24-26-27-29-31-33-35-43(47)52-40-41(39-51-38-37-42(45(49)50)46(3,4)5)53-44(48)36-34-32-30-28-25-17-15-13-11-9-7-2/h13,15,17,22-23,25,41-42H,6-12,14,16,18-21,24,26-40H2,1-5H3/p+1/b15-13+,23-22+,25-17+. The number of hydrogen-bond donors (Lipinski definition) is 1. The molecular weight excluding hydrogens is 666 g/mol. The van der Waals surface area contributed by atoms with Crippen molar-refractivity contribution in [2.45, 2.75) is 193 Å². The lowest BCUT2D eigenvalue weighted by atomic mass is 10.1. The van der Waals surface area contributed by atoms with Crippen molar-refractivity contribution < 1.29 is 38.2 Å². The summed E-state index contributed by atoms with van der Waals surface area (Å²) in [6.45, 7) is 4.64. The normalized spacial score (nSPS) is 13.3. The molecule has 308 valence electrons. The van der Waals surface area contributed by atoms with E-state index in [1.54, 1.807) is 0 Å². The minimum Gasteiger partial charge on any atom is -0.477 e. The average Bonchev–Trinajstić information content (AvgIpc) is 3.11. The van der Waals surface area contributed by atoms with Crippen LogP contribution in [0.5, 0.6) is 0 Å². The molecule has 0 rings (SSSR count). The van der Waals surface area contributed by atoms with Crippen molar-refractivity contribution in [2.75, 3.05) is 41.0 Å². The van der Waals surface area contributed by atoms with Gasteiger partial charge in [-0.2, -0.15) is 0 Å². The highest BCUT2D eigenvalue weighted by Gasteiger charge is 2.31. The van der Waals surface area contributed by atoms with Gasteiger partial charge in [0.1, 0.15) is 6.61 Å². The van der Waals surface area contributed by atoms with Crippen LogP contribution >= 0.6 is 0 Å². The van der Waals surface area contributed by atoms with Gasteiger partial charge in [0, 0.05) is 19.3 Å². The van der Waals surface area contributed by atoms with Crippen molar-refractivity contribution in [3.05, 3.63) is 36.5 Å². The highest BCUT2D eigenvalue weighted by atomic mass is 16.6. The minimum absolute atomic E-state index is 0.0483. The lowest BCUT2D eigenvalue weighted by Crippen LogP contribution is -2.50. The van der Waals surface area contributed by atoms with Crippen LogP contribution in [0.15, 0.2) is 36.5 Å². The molecule has 2 atom stereocenters. The maximum Gasteiger partial charge on any atom is 0.362 e. The van der Waals surface area contributed by atoms with Gasteiger partial charge in [-0.3, -0.25) is 9.59 Å². The molecule has 0 bridgehead atoms. The number of aliphatic carboxylic acids is 1. The predicted octanol–water partition coefficient (Wildman–Crippen LogP) is 11.5. The van der Waals surface area contributed by atoms with Crippen molar-refractivity contribution in [3.63, 3.8) is 0 Å². The van der Waals surface area contributed by atoms with Gasteiger partial charge in [0.2, 0.25) is 0 Å². The van der Waals surface area contributed by atoms with E-state index in [4.69, 9.17) is 14.2 Å². The van der Waals surface area contributed by atoms with Gasteiger partial charge in [-0.05, 0) is 57.8 Å². The van der Waals surface area contributed by atoms with Gasteiger partial charge in [0.25, 0.3) is 0 Å². The van der Waals surface area contributed by atoms with Crippen LogP contribution in [0.1, 0.15) is 181 Å². The molecule has 8 nitrogen and oxygen atoms in total. The molecule has 0 aliphatic rings. The molecule has 0 aromatic rings. The lowest BCUT2D eigenvalue weighted by molar-refractivity contribution is -0.887. The first-order chi connectivity index (χ1) is 25.6. The largest absolute Gasteiger partial charge is 0.477 e. The van der Waals surface area contributed by atoms with Crippen LogP contribution in [0.4, 0.5) is 0 Å². The fraction of sp³-hybridized carbons (Fsp3) is 0.800. The number of esters is 2. The second-order valence-electron chi connectivity index (χ2n) is 15.6. The molecule has 0 aromatic carbocycles. The molecule has 1 N–H and O–H groups in total. The number of likely N-dealkylation sites (N-methyl/N-ethyl adjacent to an activating group) is 1. The number of carbonyl (C=O) groups excluding carboxylic acids is 2. The number of quaternary nitrogens is 1. The summed E-state index contributed by atoms with van der Waals surface area (Å²) in [7, 11) is 5.51. The molecular formula is C45H82NO7+. The third-order valence-electron chi connectivity index (χ3n) is 9.54. The number of carbonyl (C=O) groups is 3. The highest BCUT2D eigenvalue weighted by molar-refractivity contribution is 5.72. The Hall–Kier alpha value is -2.45. The van der Waals surface area contributed by atoms with E-state index in [0.717, 1.165) is 64.2 Å². The average molecular weight is 749 g/mol. The number of allylic oxidation sites excluding steroid dienone is 6. The van der Waals surface area contributed by atoms with Gasteiger partial charge < -0.3 is 23.8 Å². The molecule has 8 heteroatoms. The Kier molecular flexibility index (Phi) is 34.8. The van der Waals surface area contributed by atoms with E-state index >= 15 is 0 Å². The van der Waals surface area contributed by atoms with Crippen LogP contribution in [0, 0.1) is 0 Å². The number of nitrogens with zero attached hydrogens (tertiary/aromatic N) is 1. The van der Waals surface area contributed by atoms with Crippen molar-refractivity contribution in [1.82, 2.24) is 0 Å². The first-order valence-corrected chi connectivity index (χ1v) is 21.5. The van der Waals surface area contributed by atoms with Gasteiger partial charge in [-0.15, -0.1) is 0 Å². The van der Waals surface area contributed by atoms with E-state index in [1.807, 2.05) is 21.1 Å². The number of unbranched alkanes of at least 4 members (excludes halogenated alkanes) is 19. The van der Waals surface area contributed by atoms with Crippen molar-refractivity contribution in [3.8, 4) is 0 Å². The predicted molar refractivity (Wildman–Crippen MR) is 220 cm³/mol. The van der Waals surface area contributed by atoms with Crippen molar-refractivity contribution in [1.29, 1.82) is 0 Å². The molecule has 0 radical (unpaired) electrons. The Morgan fingerprint density at radius 3 is 1.55 bits per heavy atom. The summed E-state index contributed by atoms with van der Waals surface area (Å²) in [5.74, 6) is -1.51. The summed E-state index contributed by atoms with van der Waals surface area (Å²) >= 11 is 0. The van der Waals surface area contributed by atoms with E-state index < -0.39 is 18.1 Å². The molecule has 0 heterocycles. The first kappa shape index (κ1) is 50.5. The van der Waals surface area contributed by atoms with Crippen molar-refractivity contribution in [2.24, 2.45) is 0 Å².